The van der Waals surface area contributed by atoms with Crippen LogP contribution in [0.3, 0.4) is 0 Å². The lowest BCUT2D eigenvalue weighted by Crippen LogP contribution is -2.55. The van der Waals surface area contributed by atoms with Crippen molar-refractivity contribution in [3.05, 3.63) is 104 Å². The molecule has 7 aromatic rings. The van der Waals surface area contributed by atoms with E-state index in [4.69, 9.17) is 53.7 Å². The molecule has 0 saturated carbocycles. The van der Waals surface area contributed by atoms with Crippen LogP contribution in [-0.4, -0.2) is 121 Å². The van der Waals surface area contributed by atoms with Crippen LogP contribution >= 0.6 is 35.2 Å². The maximum atomic E-state index is 17.5. The fourth-order valence-corrected chi connectivity index (χ4v) is 13.8. The first-order chi connectivity index (χ1) is 37.8. The Labute approximate surface area is 464 Å². The summed E-state index contributed by atoms with van der Waals surface area (Å²) in [5.41, 5.74) is 8.11. The number of nitrogen functional groups attached to an aromatic ring is 1. The van der Waals surface area contributed by atoms with Crippen molar-refractivity contribution in [2.75, 3.05) is 55.3 Å². The van der Waals surface area contributed by atoms with Crippen molar-refractivity contribution >= 4 is 95.4 Å². The number of carbonyl (C=O) groups is 2. The number of nitrogens with two attached hydrogens (primary N) is 1. The number of fused-ring (bicyclic) bond motifs is 8. The summed E-state index contributed by atoms with van der Waals surface area (Å²) in [6, 6.07) is 14.6. The molecule has 408 valence electrons. The van der Waals surface area contributed by atoms with E-state index in [1.807, 2.05) is 34.6 Å². The summed E-state index contributed by atoms with van der Waals surface area (Å²) in [6.07, 6.45) is -1.55. The summed E-state index contributed by atoms with van der Waals surface area (Å²) in [4.78, 5) is 46.8. The zero-order chi connectivity index (χ0) is 55.6. The second kappa shape index (κ2) is 19.7. The van der Waals surface area contributed by atoms with E-state index in [-0.39, 0.29) is 111 Å². The third kappa shape index (κ3) is 8.63. The van der Waals surface area contributed by atoms with Crippen molar-refractivity contribution < 1.29 is 47.2 Å². The molecule has 0 spiro atoms. The minimum Gasteiger partial charge on any atom is -0.461 e. The predicted molar refractivity (Wildman–Crippen MR) is 295 cm³/mol. The van der Waals surface area contributed by atoms with Gasteiger partial charge in [0.25, 0.3) is 5.91 Å². The van der Waals surface area contributed by atoms with E-state index in [1.54, 1.807) is 36.9 Å². The lowest BCUT2D eigenvalue weighted by Gasteiger charge is -2.41. The van der Waals surface area contributed by atoms with Gasteiger partial charge in [0, 0.05) is 88.3 Å². The Morgan fingerprint density at radius 1 is 1.15 bits per heavy atom. The number of halogens is 4. The van der Waals surface area contributed by atoms with Crippen molar-refractivity contribution in [3.63, 3.8) is 0 Å². The average molecular weight is 1130 g/mol. The third-order valence-electron chi connectivity index (χ3n) is 16.4. The highest BCUT2D eigenvalue weighted by Gasteiger charge is 2.50. The first-order valence-corrected chi connectivity index (χ1v) is 27.5. The molecule has 3 saturated heterocycles. The molecule has 3 fully saturated rings. The number of nitrogens with one attached hydrogen (secondary N) is 1. The number of nitrogens with zero attached hydrogens (tertiary/aromatic N) is 8. The molecule has 5 N–H and O–H groups in total. The first-order valence-electron chi connectivity index (χ1n) is 25.9. The molecule has 1 amide bonds. The highest BCUT2D eigenvalue weighted by molar-refractivity contribution is 7.71. The van der Waals surface area contributed by atoms with E-state index < -0.39 is 59.4 Å². The molecule has 0 radical (unpaired) electrons. The number of aromatic nitrogens is 4. The molecular formula is C56H52ClF3N10O7S2. The van der Waals surface area contributed by atoms with Gasteiger partial charge in [0.2, 0.25) is 6.41 Å². The van der Waals surface area contributed by atoms with Crippen molar-refractivity contribution in [1.29, 1.82) is 5.26 Å². The van der Waals surface area contributed by atoms with E-state index in [2.05, 4.69) is 21.8 Å². The zero-order valence-electron chi connectivity index (χ0n) is 43.0. The quantitative estimate of drug-likeness (QED) is 0.0388. The molecule has 79 heavy (non-hydrogen) atoms. The standard InChI is InChI=1S/C56H52ClF3N10O7S2/c1-5-56(74)37-18-41-45-30(22-70(41)51(78)36(37)24-75-52(56)72)15-29-16-32(7-10-40(29)64-45)63-54(73)77-28(4)27(3)50(71)67-13-14-69(26(2)21-67)49-34-17-38(57)43(33-8-9-39(59)47-42(33)35(20-61)48(62)79-47)44(60)46(34)65-53(66-49)76-25-55-11-6-12-68(55)23-31(58)19-55/h7-10,15-18,26,28,31,54,63,73-74H,3,5-6,11-14,19,21-25,62H2,1-2,4H3/t26-,28-,31+,54?,55-,56-/m0/s1. The van der Waals surface area contributed by atoms with Gasteiger partial charge < -0.3 is 49.8 Å². The Balaban J connectivity index is 0.759. The van der Waals surface area contributed by atoms with Gasteiger partial charge in [-0.15, -0.1) is 11.3 Å². The number of aliphatic hydroxyl groups is 2. The maximum Gasteiger partial charge on any atom is 0.343 e. The van der Waals surface area contributed by atoms with E-state index in [0.29, 0.717) is 57.9 Å². The van der Waals surface area contributed by atoms with Crippen molar-refractivity contribution in [2.24, 2.45) is 0 Å². The number of hydrogen-bond donors (Lipinski definition) is 4. The van der Waals surface area contributed by atoms with Crippen molar-refractivity contribution in [3.8, 4) is 34.6 Å². The molecule has 5 aliphatic rings. The molecule has 3 aromatic carbocycles. The van der Waals surface area contributed by atoms with Gasteiger partial charge in [-0.3, -0.25) is 9.69 Å². The number of thiophene rings is 1. The number of ether oxygens (including phenoxy) is 3. The fraction of sp³-hybridized carbons (Fsp3) is 0.375. The van der Waals surface area contributed by atoms with E-state index >= 15 is 8.78 Å². The number of alkyl halides is 1. The second-order valence-corrected chi connectivity index (χ2v) is 22.8. The fourth-order valence-electron chi connectivity index (χ4n) is 12.2. The lowest BCUT2D eigenvalue weighted by molar-refractivity contribution is -0.172. The molecule has 0 bridgehead atoms. The minimum absolute atomic E-state index is 0.00823. The number of esters is 1. The SMILES string of the molecule is C=C(C(=O)N1CCN(c2nc(OC[C@@]34CCCN3C[C@H](F)C4)nc3c(F)c(-c4ccc(F)c5sc(N)c(C#N)c45)c(Cl)cc23)[C@@H](C)C1)[C@H](C)OC(O)Nc1ccc2nc3c(cc2c1)Cn1c-3cc2c(c1=S)COC(=O)[C@]2(O)CC. The van der Waals surface area contributed by atoms with Crippen molar-refractivity contribution in [1.82, 2.24) is 29.3 Å². The van der Waals surface area contributed by atoms with Crippen LogP contribution in [0.2, 0.25) is 5.02 Å². The van der Waals surface area contributed by atoms with Crippen LogP contribution in [0.1, 0.15) is 68.7 Å². The number of amides is 1. The highest BCUT2D eigenvalue weighted by Crippen LogP contribution is 2.47. The maximum absolute atomic E-state index is 17.5. The number of nitriles is 1. The number of hydrogen-bond acceptors (Lipinski definition) is 17. The van der Waals surface area contributed by atoms with Crippen LogP contribution in [0.5, 0.6) is 6.01 Å². The smallest absolute Gasteiger partial charge is 0.343 e. The normalized spacial score (nSPS) is 22.4. The Kier molecular flexibility index (Phi) is 13.1. The van der Waals surface area contributed by atoms with E-state index in [9.17, 15) is 29.5 Å². The number of carbonyl (C=O) groups excluding carboxylic acids is 2. The number of pyridine rings is 2. The Morgan fingerprint density at radius 3 is 2.73 bits per heavy atom. The van der Waals surface area contributed by atoms with Gasteiger partial charge in [-0.2, -0.15) is 15.2 Å². The number of piperazine rings is 1. The monoisotopic (exact) mass is 1130 g/mol. The molecule has 17 nitrogen and oxygen atoms in total. The second-order valence-electron chi connectivity index (χ2n) is 21.0. The number of anilines is 3. The summed E-state index contributed by atoms with van der Waals surface area (Å²) in [7, 11) is 0. The molecule has 5 aliphatic heterocycles. The third-order valence-corrected chi connectivity index (χ3v) is 18.1. The molecule has 0 aliphatic carbocycles. The molecule has 4 aromatic heterocycles. The average Bonchev–Trinajstić information content (AvgIpc) is 4.38. The first kappa shape index (κ1) is 52.7. The number of aliphatic hydroxyl groups excluding tert-OH is 1. The van der Waals surface area contributed by atoms with Crippen LogP contribution in [0.15, 0.2) is 60.7 Å². The topological polar surface area (TPSA) is 217 Å². The Bertz CT molecular complexity index is 3900. The van der Waals surface area contributed by atoms with Crippen LogP contribution in [0, 0.1) is 27.6 Å². The molecule has 23 heteroatoms. The van der Waals surface area contributed by atoms with Gasteiger partial charge in [0.05, 0.1) is 50.4 Å². The molecule has 1 unspecified atom stereocenters. The number of cyclic esters (lactones) is 1. The minimum atomic E-state index is -1.82. The zero-order valence-corrected chi connectivity index (χ0v) is 45.4. The van der Waals surface area contributed by atoms with Crippen LogP contribution in [0.25, 0.3) is 54.4 Å². The van der Waals surface area contributed by atoms with Gasteiger partial charge >= 0.3 is 12.0 Å². The summed E-state index contributed by atoms with van der Waals surface area (Å²) in [5, 5.41) is 36.6. The van der Waals surface area contributed by atoms with Crippen LogP contribution < -0.4 is 20.7 Å². The lowest BCUT2D eigenvalue weighted by atomic mass is 9.86. The van der Waals surface area contributed by atoms with Crippen LogP contribution in [0.4, 0.5) is 29.7 Å². The number of rotatable bonds is 12. The molecule has 9 heterocycles. The summed E-state index contributed by atoms with van der Waals surface area (Å²) < 4.78 is 67.5. The molecule has 12 rings (SSSR count). The van der Waals surface area contributed by atoms with Crippen LogP contribution in [-0.2, 0) is 37.8 Å². The molecule has 6 atom stereocenters. The Hall–Kier alpha value is -6.97. The van der Waals surface area contributed by atoms with E-state index in [0.717, 1.165) is 35.3 Å². The largest absolute Gasteiger partial charge is 0.461 e. The van der Waals surface area contributed by atoms with Gasteiger partial charge in [0.15, 0.2) is 11.4 Å². The molecular weight excluding hydrogens is 1080 g/mol. The summed E-state index contributed by atoms with van der Waals surface area (Å²) >= 11 is 13.7. The van der Waals surface area contributed by atoms with Gasteiger partial charge in [-0.1, -0.05) is 43.4 Å². The van der Waals surface area contributed by atoms with Gasteiger partial charge in [-0.25, -0.2) is 22.9 Å². The van der Waals surface area contributed by atoms with E-state index in [1.165, 1.54) is 18.2 Å². The highest BCUT2D eigenvalue weighted by atomic mass is 35.5. The Morgan fingerprint density at radius 2 is 1.96 bits per heavy atom. The van der Waals surface area contributed by atoms with Gasteiger partial charge in [0.1, 0.15) is 52.2 Å². The van der Waals surface area contributed by atoms with Crippen molar-refractivity contribution in [2.45, 2.75) is 95.5 Å². The summed E-state index contributed by atoms with van der Waals surface area (Å²) in [6.45, 7) is 11.3. The van der Waals surface area contributed by atoms with Gasteiger partial charge in [-0.05, 0) is 87.7 Å². The summed E-state index contributed by atoms with van der Waals surface area (Å²) in [5.74, 6) is -2.34. The predicted octanol–water partition coefficient (Wildman–Crippen LogP) is 9.00. The number of benzene rings is 3.